The number of nitrogens with zero attached hydrogens (tertiary/aromatic N) is 5. The van der Waals surface area contributed by atoms with E-state index in [4.69, 9.17) is 0 Å². The van der Waals surface area contributed by atoms with Crippen molar-refractivity contribution in [1.82, 2.24) is 19.5 Å². The third kappa shape index (κ3) is 5.35. The molecule has 2 fully saturated rings. The Labute approximate surface area is 168 Å². The Hall–Kier alpha value is -1.87. The minimum Gasteiger partial charge on any atom is -0.355 e. The number of guanidine groups is 1. The molecule has 2 aliphatic rings. The van der Waals surface area contributed by atoms with Gasteiger partial charge < -0.3 is 15.1 Å². The highest BCUT2D eigenvalue weighted by atomic mass is 32.2. The van der Waals surface area contributed by atoms with Gasteiger partial charge >= 0.3 is 0 Å². The zero-order chi connectivity index (χ0) is 20.0. The fraction of sp³-hybridized carbons (Fsp3) is 0.684. The molecule has 0 aliphatic carbocycles. The first-order valence-electron chi connectivity index (χ1n) is 10.1. The first-order chi connectivity index (χ1) is 13.5. The SMILES string of the molecule is CN=C(NCCS(=O)(=O)N1CCN(c2ccccn2)CC1)N1CCC(C)CC1. The van der Waals surface area contributed by atoms with Crippen LogP contribution in [0.1, 0.15) is 19.8 Å². The van der Waals surface area contributed by atoms with Crippen LogP contribution < -0.4 is 10.2 Å². The number of anilines is 1. The highest BCUT2D eigenvalue weighted by molar-refractivity contribution is 7.89. The maximum absolute atomic E-state index is 12.7. The Bertz CT molecular complexity index is 739. The Kier molecular flexibility index (Phi) is 7.12. The molecule has 0 amide bonds. The molecule has 28 heavy (non-hydrogen) atoms. The summed E-state index contributed by atoms with van der Waals surface area (Å²) in [5.41, 5.74) is 0. The van der Waals surface area contributed by atoms with Gasteiger partial charge in [-0.15, -0.1) is 0 Å². The van der Waals surface area contributed by atoms with E-state index in [1.54, 1.807) is 17.5 Å². The van der Waals surface area contributed by atoms with Gasteiger partial charge in [0, 0.05) is 59.1 Å². The largest absolute Gasteiger partial charge is 0.355 e. The molecule has 0 unspecified atom stereocenters. The van der Waals surface area contributed by atoms with Gasteiger partial charge in [0.1, 0.15) is 5.82 Å². The molecular formula is C19H32N6O2S. The van der Waals surface area contributed by atoms with Crippen molar-refractivity contribution >= 4 is 21.8 Å². The molecule has 0 aromatic carbocycles. The number of hydrogen-bond donors (Lipinski definition) is 1. The van der Waals surface area contributed by atoms with Crippen molar-refractivity contribution in [3.05, 3.63) is 24.4 Å². The number of aliphatic imine (C=N–C) groups is 1. The molecular weight excluding hydrogens is 376 g/mol. The van der Waals surface area contributed by atoms with E-state index >= 15 is 0 Å². The lowest BCUT2D eigenvalue weighted by Crippen LogP contribution is -2.51. The molecule has 0 saturated carbocycles. The van der Waals surface area contributed by atoms with E-state index in [0.29, 0.717) is 32.7 Å². The van der Waals surface area contributed by atoms with E-state index < -0.39 is 10.0 Å². The predicted octanol–water partition coefficient (Wildman–Crippen LogP) is 0.841. The van der Waals surface area contributed by atoms with Gasteiger partial charge in [-0.2, -0.15) is 4.31 Å². The summed E-state index contributed by atoms with van der Waals surface area (Å²) in [5, 5.41) is 3.23. The maximum atomic E-state index is 12.7. The van der Waals surface area contributed by atoms with Crippen LogP contribution in [0.2, 0.25) is 0 Å². The van der Waals surface area contributed by atoms with Crippen LogP contribution in [-0.4, -0.2) is 87.2 Å². The van der Waals surface area contributed by atoms with Crippen LogP contribution in [0.15, 0.2) is 29.4 Å². The number of piperazine rings is 1. The van der Waals surface area contributed by atoms with Crippen LogP contribution >= 0.6 is 0 Å². The van der Waals surface area contributed by atoms with Gasteiger partial charge in [0.2, 0.25) is 10.0 Å². The smallest absolute Gasteiger partial charge is 0.215 e. The number of rotatable bonds is 5. The number of hydrogen-bond acceptors (Lipinski definition) is 5. The van der Waals surface area contributed by atoms with Crippen molar-refractivity contribution < 1.29 is 8.42 Å². The summed E-state index contributed by atoms with van der Waals surface area (Å²) in [6, 6.07) is 5.80. The maximum Gasteiger partial charge on any atom is 0.215 e. The number of pyridine rings is 1. The number of sulfonamides is 1. The van der Waals surface area contributed by atoms with Gasteiger partial charge in [0.05, 0.1) is 5.75 Å². The summed E-state index contributed by atoms with van der Waals surface area (Å²) < 4.78 is 27.0. The van der Waals surface area contributed by atoms with Crippen molar-refractivity contribution in [2.24, 2.45) is 10.9 Å². The molecule has 3 heterocycles. The quantitative estimate of drug-likeness (QED) is 0.574. The molecule has 0 spiro atoms. The fourth-order valence-electron chi connectivity index (χ4n) is 3.71. The zero-order valence-electron chi connectivity index (χ0n) is 16.9. The topological polar surface area (TPSA) is 81.1 Å². The van der Waals surface area contributed by atoms with Crippen molar-refractivity contribution in [3.63, 3.8) is 0 Å². The molecule has 1 aromatic rings. The minimum atomic E-state index is -3.28. The van der Waals surface area contributed by atoms with Gasteiger partial charge in [0.25, 0.3) is 0 Å². The van der Waals surface area contributed by atoms with Crippen LogP contribution in [0, 0.1) is 5.92 Å². The molecule has 9 heteroatoms. The molecule has 0 atom stereocenters. The molecule has 0 bridgehead atoms. The van der Waals surface area contributed by atoms with Crippen LogP contribution in [0.3, 0.4) is 0 Å². The van der Waals surface area contributed by atoms with Crippen LogP contribution in [0.5, 0.6) is 0 Å². The third-order valence-electron chi connectivity index (χ3n) is 5.54. The third-order valence-corrected chi connectivity index (χ3v) is 7.42. The highest BCUT2D eigenvalue weighted by Gasteiger charge is 2.27. The predicted molar refractivity (Wildman–Crippen MR) is 113 cm³/mol. The summed E-state index contributed by atoms with van der Waals surface area (Å²) in [4.78, 5) is 13.0. The average Bonchev–Trinajstić information content (AvgIpc) is 2.73. The fourth-order valence-corrected chi connectivity index (χ4v) is 5.05. The van der Waals surface area contributed by atoms with E-state index in [2.05, 4.69) is 32.0 Å². The lowest BCUT2D eigenvalue weighted by Gasteiger charge is -2.35. The van der Waals surface area contributed by atoms with E-state index in [1.165, 1.54) is 0 Å². The molecule has 2 aliphatic heterocycles. The Balaban J connectivity index is 1.45. The lowest BCUT2D eigenvalue weighted by atomic mass is 10.00. The summed E-state index contributed by atoms with van der Waals surface area (Å²) in [7, 11) is -1.53. The first kappa shape index (κ1) is 20.9. The summed E-state index contributed by atoms with van der Waals surface area (Å²) in [5.74, 6) is 2.54. The molecule has 1 N–H and O–H groups in total. The molecule has 2 saturated heterocycles. The van der Waals surface area contributed by atoms with E-state index in [1.807, 2.05) is 18.2 Å². The molecule has 8 nitrogen and oxygen atoms in total. The standard InChI is InChI=1S/C19H32N6O2S/c1-17-6-10-24(11-7-17)19(20-2)22-9-16-28(26,27)25-14-12-23(13-15-25)18-5-3-4-8-21-18/h3-5,8,17H,6-7,9-16H2,1-2H3,(H,20,22). The first-order valence-corrected chi connectivity index (χ1v) is 11.7. The summed E-state index contributed by atoms with van der Waals surface area (Å²) in [6.07, 6.45) is 4.07. The van der Waals surface area contributed by atoms with Crippen molar-refractivity contribution in [1.29, 1.82) is 0 Å². The van der Waals surface area contributed by atoms with Gasteiger partial charge in [-0.1, -0.05) is 13.0 Å². The Morgan fingerprint density at radius 3 is 2.50 bits per heavy atom. The van der Waals surface area contributed by atoms with E-state index in [0.717, 1.165) is 43.6 Å². The van der Waals surface area contributed by atoms with Gasteiger partial charge in [-0.3, -0.25) is 4.99 Å². The second kappa shape index (κ2) is 9.56. The average molecular weight is 409 g/mol. The van der Waals surface area contributed by atoms with Gasteiger partial charge in [0.15, 0.2) is 5.96 Å². The molecule has 3 rings (SSSR count). The zero-order valence-corrected chi connectivity index (χ0v) is 17.7. The van der Waals surface area contributed by atoms with Crippen LogP contribution in [0.4, 0.5) is 5.82 Å². The number of piperidine rings is 1. The summed E-state index contributed by atoms with van der Waals surface area (Å²) >= 11 is 0. The second-order valence-corrected chi connectivity index (χ2v) is 9.62. The van der Waals surface area contributed by atoms with Gasteiger partial charge in [-0.05, 0) is 30.9 Å². The molecule has 0 radical (unpaired) electrons. The second-order valence-electron chi connectivity index (χ2n) is 7.53. The van der Waals surface area contributed by atoms with Crippen LogP contribution in [0.25, 0.3) is 0 Å². The lowest BCUT2D eigenvalue weighted by molar-refractivity contribution is 0.274. The molecule has 1 aromatic heterocycles. The summed E-state index contributed by atoms with van der Waals surface area (Å²) in [6.45, 7) is 6.92. The normalized spacial score (nSPS) is 20.4. The number of nitrogens with one attached hydrogen (secondary N) is 1. The van der Waals surface area contributed by atoms with Crippen molar-refractivity contribution in [3.8, 4) is 0 Å². The van der Waals surface area contributed by atoms with E-state index in [9.17, 15) is 8.42 Å². The van der Waals surface area contributed by atoms with E-state index in [-0.39, 0.29) is 5.75 Å². The number of likely N-dealkylation sites (tertiary alicyclic amines) is 1. The monoisotopic (exact) mass is 408 g/mol. The molecule has 156 valence electrons. The number of aromatic nitrogens is 1. The van der Waals surface area contributed by atoms with Gasteiger partial charge in [-0.25, -0.2) is 13.4 Å². The highest BCUT2D eigenvalue weighted by Crippen LogP contribution is 2.16. The minimum absolute atomic E-state index is 0.0832. The Morgan fingerprint density at radius 2 is 1.89 bits per heavy atom. The van der Waals surface area contributed by atoms with Crippen molar-refractivity contribution in [2.75, 3.05) is 63.5 Å². The van der Waals surface area contributed by atoms with Crippen molar-refractivity contribution in [2.45, 2.75) is 19.8 Å². The van der Waals surface area contributed by atoms with Crippen LogP contribution in [-0.2, 0) is 10.0 Å². The Morgan fingerprint density at radius 1 is 1.18 bits per heavy atom.